The summed E-state index contributed by atoms with van der Waals surface area (Å²) in [6.07, 6.45) is 0. The molecule has 5 nitrogen and oxygen atoms in total. The molecule has 126 valence electrons. The highest BCUT2D eigenvalue weighted by Gasteiger charge is 2.19. The highest BCUT2D eigenvalue weighted by Crippen LogP contribution is 2.28. The molecule has 2 amide bonds. The molecule has 0 atom stereocenters. The van der Waals surface area contributed by atoms with Gasteiger partial charge in [-0.1, -0.05) is 12.1 Å². The van der Waals surface area contributed by atoms with Crippen LogP contribution in [0.25, 0.3) is 0 Å². The molecule has 0 bridgehead atoms. The van der Waals surface area contributed by atoms with E-state index in [0.717, 1.165) is 9.13 Å². The van der Waals surface area contributed by atoms with Crippen molar-refractivity contribution in [3.8, 4) is 5.75 Å². The number of carbonyl (C=O) groups is 2. The molecule has 0 radical (unpaired) electrons. The van der Waals surface area contributed by atoms with E-state index in [1.54, 1.807) is 32.3 Å². The van der Waals surface area contributed by atoms with Gasteiger partial charge in [-0.05, 0) is 75.0 Å². The van der Waals surface area contributed by atoms with Gasteiger partial charge < -0.3 is 15.3 Å². The number of aromatic hydroxyl groups is 1. The standard InChI is InChI=1S/C17H16I2N2O3/c1-20-16(23)11-5-3-10(4-6-11)9-21(2)17(24)13-7-12(18)8-14(19)15(13)22/h3-8,22H,9H2,1-2H3,(H,20,23). The van der Waals surface area contributed by atoms with E-state index in [4.69, 9.17) is 0 Å². The van der Waals surface area contributed by atoms with Gasteiger partial charge in [-0.25, -0.2) is 0 Å². The second-order valence-corrected chi connectivity index (χ2v) is 7.63. The van der Waals surface area contributed by atoms with Crippen molar-refractivity contribution in [2.45, 2.75) is 6.54 Å². The van der Waals surface area contributed by atoms with Gasteiger partial charge in [0.05, 0.1) is 9.13 Å². The van der Waals surface area contributed by atoms with Gasteiger partial charge in [-0.15, -0.1) is 0 Å². The lowest BCUT2D eigenvalue weighted by Crippen LogP contribution is -2.26. The highest BCUT2D eigenvalue weighted by molar-refractivity contribution is 14.1. The molecule has 2 rings (SSSR count). The Morgan fingerprint density at radius 1 is 1.17 bits per heavy atom. The molecule has 0 saturated carbocycles. The number of phenolic OH excluding ortho intramolecular Hbond substituents is 1. The van der Waals surface area contributed by atoms with Crippen LogP contribution in [0, 0.1) is 7.14 Å². The molecule has 0 saturated heterocycles. The lowest BCUT2D eigenvalue weighted by Gasteiger charge is -2.19. The quantitative estimate of drug-likeness (QED) is 0.575. The van der Waals surface area contributed by atoms with Crippen LogP contribution >= 0.6 is 45.2 Å². The molecule has 0 fully saturated rings. The molecule has 0 aliphatic heterocycles. The van der Waals surface area contributed by atoms with Crippen molar-refractivity contribution in [2.24, 2.45) is 0 Å². The predicted octanol–water partition coefficient (Wildman–Crippen LogP) is 3.23. The van der Waals surface area contributed by atoms with Crippen LogP contribution in [0.3, 0.4) is 0 Å². The average molecular weight is 550 g/mol. The highest BCUT2D eigenvalue weighted by atomic mass is 127. The van der Waals surface area contributed by atoms with E-state index in [1.807, 2.05) is 40.8 Å². The number of nitrogens with zero attached hydrogens (tertiary/aromatic N) is 1. The largest absolute Gasteiger partial charge is 0.506 e. The van der Waals surface area contributed by atoms with Gasteiger partial charge in [0.15, 0.2) is 0 Å². The Kier molecular flexibility index (Phi) is 6.44. The Morgan fingerprint density at radius 3 is 2.38 bits per heavy atom. The number of nitrogens with one attached hydrogen (secondary N) is 1. The number of benzene rings is 2. The first kappa shape index (κ1) is 19.0. The van der Waals surface area contributed by atoms with Gasteiger partial charge in [-0.3, -0.25) is 9.59 Å². The van der Waals surface area contributed by atoms with Crippen molar-refractivity contribution >= 4 is 57.0 Å². The molecule has 2 N–H and O–H groups in total. The summed E-state index contributed by atoms with van der Waals surface area (Å²) in [7, 11) is 3.26. The second-order valence-electron chi connectivity index (χ2n) is 5.22. The van der Waals surface area contributed by atoms with Crippen LogP contribution in [0.1, 0.15) is 26.3 Å². The molecule has 0 aliphatic carbocycles. The van der Waals surface area contributed by atoms with E-state index in [0.29, 0.717) is 15.7 Å². The monoisotopic (exact) mass is 550 g/mol. The summed E-state index contributed by atoms with van der Waals surface area (Å²) in [5.41, 5.74) is 1.76. The molecular formula is C17H16I2N2O3. The average Bonchev–Trinajstić information content (AvgIpc) is 2.57. The van der Waals surface area contributed by atoms with Crippen molar-refractivity contribution in [2.75, 3.05) is 14.1 Å². The summed E-state index contributed by atoms with van der Waals surface area (Å²) < 4.78 is 1.53. The minimum atomic E-state index is -0.251. The van der Waals surface area contributed by atoms with Gasteiger partial charge in [0.1, 0.15) is 5.75 Å². The number of carbonyl (C=O) groups excluding carboxylic acids is 2. The van der Waals surface area contributed by atoms with Gasteiger partial charge in [0.25, 0.3) is 11.8 Å². The molecule has 7 heteroatoms. The lowest BCUT2D eigenvalue weighted by molar-refractivity contribution is 0.0781. The zero-order valence-electron chi connectivity index (χ0n) is 13.1. The fourth-order valence-electron chi connectivity index (χ4n) is 2.19. The third-order valence-corrected chi connectivity index (χ3v) is 4.91. The van der Waals surface area contributed by atoms with Crippen molar-refractivity contribution in [3.05, 3.63) is 60.2 Å². The van der Waals surface area contributed by atoms with Crippen LogP contribution in [0.5, 0.6) is 5.75 Å². The van der Waals surface area contributed by atoms with Gasteiger partial charge in [0.2, 0.25) is 0 Å². The number of hydrogen-bond acceptors (Lipinski definition) is 3. The van der Waals surface area contributed by atoms with Crippen LogP contribution in [-0.4, -0.2) is 35.9 Å². The first-order chi connectivity index (χ1) is 11.3. The maximum Gasteiger partial charge on any atom is 0.257 e. The van der Waals surface area contributed by atoms with Crippen LogP contribution in [-0.2, 0) is 6.54 Å². The van der Waals surface area contributed by atoms with Gasteiger partial charge in [-0.2, -0.15) is 0 Å². The molecule has 24 heavy (non-hydrogen) atoms. The third-order valence-electron chi connectivity index (χ3n) is 3.47. The lowest BCUT2D eigenvalue weighted by atomic mass is 10.1. The first-order valence-electron chi connectivity index (χ1n) is 7.08. The Bertz CT molecular complexity index is 776. The van der Waals surface area contributed by atoms with Gasteiger partial charge in [0, 0.05) is 29.8 Å². The second kappa shape index (κ2) is 8.15. The van der Waals surface area contributed by atoms with Crippen molar-refractivity contribution < 1.29 is 14.7 Å². The maximum atomic E-state index is 12.6. The SMILES string of the molecule is CNC(=O)c1ccc(CN(C)C(=O)c2cc(I)cc(I)c2O)cc1. The zero-order chi connectivity index (χ0) is 17.9. The molecule has 0 aromatic heterocycles. The summed E-state index contributed by atoms with van der Waals surface area (Å²) in [4.78, 5) is 25.7. The van der Waals surface area contributed by atoms with Crippen molar-refractivity contribution in [1.82, 2.24) is 10.2 Å². The fraction of sp³-hybridized carbons (Fsp3) is 0.176. The summed E-state index contributed by atoms with van der Waals surface area (Å²) >= 11 is 4.12. The van der Waals surface area contributed by atoms with E-state index >= 15 is 0 Å². The number of phenols is 1. The number of rotatable bonds is 4. The Balaban J connectivity index is 2.16. The summed E-state index contributed by atoms with van der Waals surface area (Å²) in [6, 6.07) is 10.5. The summed E-state index contributed by atoms with van der Waals surface area (Å²) in [6.45, 7) is 0.383. The van der Waals surface area contributed by atoms with Crippen LogP contribution in [0.2, 0.25) is 0 Å². The zero-order valence-corrected chi connectivity index (χ0v) is 17.5. The predicted molar refractivity (Wildman–Crippen MR) is 109 cm³/mol. The Morgan fingerprint density at radius 2 is 1.79 bits per heavy atom. The van der Waals surface area contributed by atoms with E-state index in [-0.39, 0.29) is 23.1 Å². The minimum absolute atomic E-state index is 0.00262. The fourth-order valence-corrected chi connectivity index (χ4v) is 4.03. The van der Waals surface area contributed by atoms with Crippen molar-refractivity contribution in [3.63, 3.8) is 0 Å². The Labute approximate surface area is 167 Å². The molecule has 0 aliphatic rings. The normalized spacial score (nSPS) is 10.3. The maximum absolute atomic E-state index is 12.6. The minimum Gasteiger partial charge on any atom is -0.506 e. The smallest absolute Gasteiger partial charge is 0.257 e. The molecule has 0 spiro atoms. The summed E-state index contributed by atoms with van der Waals surface area (Å²) in [5.74, 6) is -0.397. The molecular weight excluding hydrogens is 534 g/mol. The van der Waals surface area contributed by atoms with Crippen LogP contribution in [0.4, 0.5) is 0 Å². The van der Waals surface area contributed by atoms with E-state index in [1.165, 1.54) is 4.90 Å². The van der Waals surface area contributed by atoms with Crippen LogP contribution in [0.15, 0.2) is 36.4 Å². The molecule has 0 heterocycles. The first-order valence-corrected chi connectivity index (χ1v) is 9.23. The number of hydrogen-bond donors (Lipinski definition) is 2. The molecule has 2 aromatic carbocycles. The number of amides is 2. The van der Waals surface area contributed by atoms with Crippen molar-refractivity contribution in [1.29, 1.82) is 0 Å². The van der Waals surface area contributed by atoms with E-state index in [2.05, 4.69) is 27.9 Å². The summed E-state index contributed by atoms with van der Waals surface area (Å²) in [5, 5.41) is 12.7. The Hall–Kier alpha value is -1.36. The van der Waals surface area contributed by atoms with E-state index in [9.17, 15) is 14.7 Å². The third kappa shape index (κ3) is 4.38. The number of halogens is 2. The van der Waals surface area contributed by atoms with Crippen LogP contribution < -0.4 is 5.32 Å². The topological polar surface area (TPSA) is 69.6 Å². The van der Waals surface area contributed by atoms with Gasteiger partial charge >= 0.3 is 0 Å². The molecule has 2 aromatic rings. The molecule has 0 unspecified atom stereocenters. The van der Waals surface area contributed by atoms with E-state index < -0.39 is 0 Å².